The predicted molar refractivity (Wildman–Crippen MR) is 161 cm³/mol. The Hall–Kier alpha value is -4.52. The number of piperazine rings is 1. The van der Waals surface area contributed by atoms with Gasteiger partial charge in [-0.3, -0.25) is 14.7 Å². The van der Waals surface area contributed by atoms with Crippen molar-refractivity contribution in [2.24, 2.45) is 0 Å². The molecule has 9 nitrogen and oxygen atoms in total. The summed E-state index contributed by atoms with van der Waals surface area (Å²) in [5.74, 6) is 0.183. The Morgan fingerprint density at radius 3 is 2.55 bits per heavy atom. The number of ether oxygens (including phenoxy) is 1. The molecule has 2 aromatic carbocycles. The normalized spacial score (nSPS) is 14.6. The Bertz CT molecular complexity index is 1810. The zero-order valence-corrected chi connectivity index (χ0v) is 24.3. The molecule has 13 heteroatoms. The van der Waals surface area contributed by atoms with Crippen molar-refractivity contribution in [1.29, 1.82) is 0 Å². The van der Waals surface area contributed by atoms with E-state index in [0.29, 0.717) is 29.9 Å². The zero-order chi connectivity index (χ0) is 30.8. The van der Waals surface area contributed by atoms with Gasteiger partial charge in [0.2, 0.25) is 5.88 Å². The van der Waals surface area contributed by atoms with Crippen LogP contribution in [-0.4, -0.2) is 68.9 Å². The van der Waals surface area contributed by atoms with E-state index in [-0.39, 0.29) is 40.0 Å². The molecule has 1 fully saturated rings. The number of hydrogen-bond acceptors (Lipinski definition) is 7. The number of anilines is 1. The van der Waals surface area contributed by atoms with Crippen LogP contribution in [0.5, 0.6) is 11.6 Å². The lowest BCUT2D eigenvalue weighted by atomic mass is 10.0. The number of fused-ring (bicyclic) bond motifs is 1. The number of halogens is 4. The number of H-pyrrole nitrogens is 1. The number of alkyl halides is 3. The highest BCUT2D eigenvalue weighted by molar-refractivity contribution is 6.34. The Balaban J connectivity index is 1.24. The van der Waals surface area contributed by atoms with E-state index >= 15 is 0 Å². The molecule has 6 rings (SSSR count). The molecule has 44 heavy (non-hydrogen) atoms. The van der Waals surface area contributed by atoms with Crippen LogP contribution in [0.1, 0.15) is 21.5 Å². The van der Waals surface area contributed by atoms with E-state index in [9.17, 15) is 18.0 Å². The van der Waals surface area contributed by atoms with Crippen molar-refractivity contribution in [3.05, 3.63) is 94.9 Å². The van der Waals surface area contributed by atoms with Crippen LogP contribution in [0.15, 0.2) is 73.2 Å². The molecule has 0 saturated carbocycles. The smallest absolute Gasteiger partial charge is 0.416 e. The van der Waals surface area contributed by atoms with Crippen LogP contribution in [0.3, 0.4) is 0 Å². The van der Waals surface area contributed by atoms with Crippen molar-refractivity contribution >= 4 is 34.2 Å². The van der Waals surface area contributed by atoms with Gasteiger partial charge in [0, 0.05) is 62.6 Å². The standard InChI is InChI=1S/C31H27ClF3N7O2/c1-41-12-14-42(15-13-41)18-20-2-3-21(16-24(20)31(33,34)35)38-29(43)23-17-22(4-5-25(23)32)44-30-27-26(8-11-37-27)39-28(40-30)19-6-9-36-10-7-19/h2-11,16-17,37H,12-15,18H2,1H3,(H,38,43). The summed E-state index contributed by atoms with van der Waals surface area (Å²) in [6, 6.07) is 13.6. The monoisotopic (exact) mass is 621 g/mol. The average Bonchev–Trinajstić information content (AvgIpc) is 3.49. The first kappa shape index (κ1) is 29.5. The fourth-order valence-electron chi connectivity index (χ4n) is 4.98. The van der Waals surface area contributed by atoms with Gasteiger partial charge in [-0.05, 0) is 61.1 Å². The number of aromatic nitrogens is 4. The van der Waals surface area contributed by atoms with Gasteiger partial charge in [-0.15, -0.1) is 0 Å². The van der Waals surface area contributed by atoms with E-state index in [1.54, 1.807) is 42.9 Å². The van der Waals surface area contributed by atoms with Gasteiger partial charge in [-0.2, -0.15) is 18.2 Å². The molecule has 5 aromatic rings. The van der Waals surface area contributed by atoms with Crippen molar-refractivity contribution in [1.82, 2.24) is 29.7 Å². The summed E-state index contributed by atoms with van der Waals surface area (Å²) in [5, 5.41) is 2.66. The molecule has 0 aliphatic carbocycles. The van der Waals surface area contributed by atoms with Gasteiger partial charge in [-0.25, -0.2) is 4.98 Å². The molecule has 0 bridgehead atoms. The van der Waals surface area contributed by atoms with Gasteiger partial charge in [0.05, 0.1) is 21.7 Å². The zero-order valence-electron chi connectivity index (χ0n) is 23.5. The fourth-order valence-corrected chi connectivity index (χ4v) is 5.18. The molecular formula is C31H27ClF3N7O2. The Morgan fingerprint density at radius 1 is 1.02 bits per heavy atom. The van der Waals surface area contributed by atoms with Crippen LogP contribution in [-0.2, 0) is 12.7 Å². The molecule has 1 saturated heterocycles. The van der Waals surface area contributed by atoms with Crippen molar-refractivity contribution in [2.45, 2.75) is 12.7 Å². The number of likely N-dealkylation sites (N-methyl/N-ethyl adjacent to an activating group) is 1. The molecule has 2 N–H and O–H groups in total. The summed E-state index contributed by atoms with van der Waals surface area (Å²) in [4.78, 5) is 33.6. The summed E-state index contributed by atoms with van der Waals surface area (Å²) in [6.45, 7) is 3.11. The maximum absolute atomic E-state index is 14.1. The maximum Gasteiger partial charge on any atom is 0.416 e. The number of benzene rings is 2. The van der Waals surface area contributed by atoms with Gasteiger partial charge in [-0.1, -0.05) is 17.7 Å². The molecule has 1 aliphatic heterocycles. The van der Waals surface area contributed by atoms with Crippen LogP contribution in [0.25, 0.3) is 22.4 Å². The number of carbonyl (C=O) groups excluding carboxylic acids is 1. The first-order chi connectivity index (χ1) is 21.1. The number of nitrogens with one attached hydrogen (secondary N) is 2. The molecule has 0 atom stereocenters. The largest absolute Gasteiger partial charge is 0.437 e. The fraction of sp³-hybridized carbons (Fsp3) is 0.226. The predicted octanol–water partition coefficient (Wildman–Crippen LogP) is 6.48. The van der Waals surface area contributed by atoms with Crippen LogP contribution < -0.4 is 10.1 Å². The van der Waals surface area contributed by atoms with Gasteiger partial charge < -0.3 is 19.9 Å². The Kier molecular flexibility index (Phi) is 8.21. The van der Waals surface area contributed by atoms with Crippen molar-refractivity contribution in [3.8, 4) is 23.0 Å². The second-order valence-corrected chi connectivity index (χ2v) is 10.9. The quantitative estimate of drug-likeness (QED) is 0.214. The highest BCUT2D eigenvalue weighted by Gasteiger charge is 2.34. The molecule has 1 aliphatic rings. The van der Waals surface area contributed by atoms with Crippen molar-refractivity contribution < 1.29 is 22.7 Å². The summed E-state index contributed by atoms with van der Waals surface area (Å²) < 4.78 is 48.3. The highest BCUT2D eigenvalue weighted by atomic mass is 35.5. The number of rotatable bonds is 7. The second kappa shape index (κ2) is 12.2. The summed E-state index contributed by atoms with van der Waals surface area (Å²) in [6.07, 6.45) is 0.367. The minimum atomic E-state index is -4.59. The van der Waals surface area contributed by atoms with Crippen LogP contribution in [0.4, 0.5) is 18.9 Å². The second-order valence-electron chi connectivity index (χ2n) is 10.5. The molecule has 4 heterocycles. The number of pyridine rings is 1. The SMILES string of the molecule is CN1CCN(Cc2ccc(NC(=O)c3cc(Oc4nc(-c5ccncc5)nc5cc[nH]c45)ccc3Cl)cc2C(F)(F)F)CC1. The third kappa shape index (κ3) is 6.52. The molecule has 0 radical (unpaired) electrons. The number of carbonyl (C=O) groups is 1. The van der Waals surface area contributed by atoms with Crippen LogP contribution in [0.2, 0.25) is 5.02 Å². The highest BCUT2D eigenvalue weighted by Crippen LogP contribution is 2.35. The van der Waals surface area contributed by atoms with E-state index in [1.807, 2.05) is 11.9 Å². The van der Waals surface area contributed by atoms with Gasteiger partial charge >= 0.3 is 6.18 Å². The van der Waals surface area contributed by atoms with Gasteiger partial charge in [0.15, 0.2) is 5.82 Å². The Morgan fingerprint density at radius 2 is 1.80 bits per heavy atom. The molecule has 3 aromatic heterocycles. The number of aromatic amines is 1. The van der Waals surface area contributed by atoms with Crippen molar-refractivity contribution in [3.63, 3.8) is 0 Å². The summed E-state index contributed by atoms with van der Waals surface area (Å²) in [7, 11) is 1.99. The third-order valence-corrected chi connectivity index (χ3v) is 7.70. The minimum absolute atomic E-state index is 0.00210. The topological polar surface area (TPSA) is 99.3 Å². The van der Waals surface area contributed by atoms with E-state index in [1.165, 1.54) is 24.3 Å². The number of nitrogens with zero attached hydrogens (tertiary/aromatic N) is 5. The van der Waals surface area contributed by atoms with E-state index in [0.717, 1.165) is 24.7 Å². The maximum atomic E-state index is 14.1. The van der Waals surface area contributed by atoms with Gasteiger partial charge in [0.1, 0.15) is 11.3 Å². The first-order valence-electron chi connectivity index (χ1n) is 13.8. The molecule has 0 spiro atoms. The number of hydrogen-bond donors (Lipinski definition) is 2. The number of amides is 1. The van der Waals surface area contributed by atoms with Gasteiger partial charge in [0.25, 0.3) is 5.91 Å². The lowest BCUT2D eigenvalue weighted by molar-refractivity contribution is -0.138. The lowest BCUT2D eigenvalue weighted by Crippen LogP contribution is -2.44. The summed E-state index contributed by atoms with van der Waals surface area (Å²) >= 11 is 6.35. The molecule has 1 amide bonds. The first-order valence-corrected chi connectivity index (χ1v) is 14.2. The third-order valence-electron chi connectivity index (χ3n) is 7.37. The van der Waals surface area contributed by atoms with E-state index in [2.05, 4.69) is 30.2 Å². The molecule has 0 unspecified atom stereocenters. The lowest BCUT2D eigenvalue weighted by Gasteiger charge is -2.33. The average molecular weight is 622 g/mol. The Labute approximate surface area is 255 Å². The van der Waals surface area contributed by atoms with E-state index < -0.39 is 17.6 Å². The molecule has 226 valence electrons. The van der Waals surface area contributed by atoms with E-state index in [4.69, 9.17) is 16.3 Å². The van der Waals surface area contributed by atoms with Crippen LogP contribution >= 0.6 is 11.6 Å². The summed E-state index contributed by atoms with van der Waals surface area (Å²) in [5.41, 5.74) is 1.27. The van der Waals surface area contributed by atoms with Crippen molar-refractivity contribution in [2.75, 3.05) is 38.5 Å². The minimum Gasteiger partial charge on any atom is -0.437 e. The molecular weight excluding hydrogens is 595 g/mol. The van der Waals surface area contributed by atoms with Crippen LogP contribution in [0, 0.1) is 0 Å².